The zero-order valence-electron chi connectivity index (χ0n) is 19.2. The van der Waals surface area contributed by atoms with E-state index in [-0.39, 0.29) is 5.56 Å². The Kier molecular flexibility index (Phi) is 7.91. The fraction of sp³-hybridized carbons (Fsp3) is 0.520. The number of piperidine rings is 1. The highest BCUT2D eigenvalue weighted by atomic mass is 19.4. The number of benzene rings is 1. The minimum absolute atomic E-state index is 0.311. The molecule has 1 N–H and O–H groups in total. The Morgan fingerprint density at radius 2 is 1.85 bits per heavy atom. The molecule has 0 aliphatic carbocycles. The van der Waals surface area contributed by atoms with Crippen LogP contribution < -0.4 is 15.0 Å². The van der Waals surface area contributed by atoms with E-state index in [0.717, 1.165) is 63.6 Å². The lowest BCUT2D eigenvalue weighted by atomic mass is 9.90. The van der Waals surface area contributed by atoms with Crippen molar-refractivity contribution in [1.29, 1.82) is 5.26 Å². The van der Waals surface area contributed by atoms with Gasteiger partial charge in [0.25, 0.3) is 0 Å². The van der Waals surface area contributed by atoms with Crippen LogP contribution >= 0.6 is 0 Å². The molecule has 1 aromatic carbocycles. The van der Waals surface area contributed by atoms with Gasteiger partial charge in [-0.25, -0.2) is 4.98 Å². The molecular formula is C25H30F3N5O. The van der Waals surface area contributed by atoms with E-state index in [9.17, 15) is 13.2 Å². The number of nitriles is 1. The van der Waals surface area contributed by atoms with Crippen LogP contribution in [0.25, 0.3) is 0 Å². The normalized spacial score (nSPS) is 18.0. The number of halogens is 3. The SMILES string of the molecule is N#Cc1ccc(N2CCC(c3ccc(OCCCN4CCNCC4)nc3)CC2)cc1C(F)(F)F. The van der Waals surface area contributed by atoms with Crippen molar-refractivity contribution >= 4 is 5.69 Å². The third-order valence-corrected chi connectivity index (χ3v) is 6.60. The average molecular weight is 474 g/mol. The molecule has 3 heterocycles. The fourth-order valence-corrected chi connectivity index (χ4v) is 4.65. The molecule has 2 aliphatic rings. The molecule has 0 atom stereocenters. The molecule has 2 saturated heterocycles. The van der Waals surface area contributed by atoms with Gasteiger partial charge in [0.2, 0.25) is 5.88 Å². The predicted octanol–water partition coefficient (Wildman–Crippen LogP) is 4.03. The van der Waals surface area contributed by atoms with Crippen LogP contribution in [0.4, 0.5) is 18.9 Å². The van der Waals surface area contributed by atoms with E-state index >= 15 is 0 Å². The molecule has 6 nitrogen and oxygen atoms in total. The monoisotopic (exact) mass is 473 g/mol. The number of nitrogens with one attached hydrogen (secondary N) is 1. The van der Waals surface area contributed by atoms with Gasteiger partial charge in [-0.05, 0) is 48.9 Å². The van der Waals surface area contributed by atoms with Crippen LogP contribution in [-0.2, 0) is 6.18 Å². The molecule has 4 rings (SSSR count). The van der Waals surface area contributed by atoms with Crippen molar-refractivity contribution in [3.05, 3.63) is 53.2 Å². The van der Waals surface area contributed by atoms with Crippen LogP contribution in [0.3, 0.4) is 0 Å². The molecule has 34 heavy (non-hydrogen) atoms. The highest BCUT2D eigenvalue weighted by Gasteiger charge is 2.34. The summed E-state index contributed by atoms with van der Waals surface area (Å²) in [6.07, 6.45) is -0.0650. The summed E-state index contributed by atoms with van der Waals surface area (Å²) in [5.74, 6) is 0.935. The smallest absolute Gasteiger partial charge is 0.417 e. The van der Waals surface area contributed by atoms with Crippen LogP contribution in [0.5, 0.6) is 5.88 Å². The number of aromatic nitrogens is 1. The van der Waals surface area contributed by atoms with Crippen molar-refractivity contribution in [2.75, 3.05) is 57.3 Å². The number of ether oxygens (including phenoxy) is 1. The molecule has 0 spiro atoms. The maximum absolute atomic E-state index is 13.3. The first-order valence-electron chi connectivity index (χ1n) is 11.8. The maximum Gasteiger partial charge on any atom is 0.417 e. The van der Waals surface area contributed by atoms with Crippen LogP contribution in [0.1, 0.15) is 41.9 Å². The number of nitrogens with zero attached hydrogens (tertiary/aromatic N) is 4. The summed E-state index contributed by atoms with van der Waals surface area (Å²) in [6, 6.07) is 9.54. The minimum Gasteiger partial charge on any atom is -0.478 e. The van der Waals surface area contributed by atoms with E-state index in [4.69, 9.17) is 10.00 Å². The van der Waals surface area contributed by atoms with E-state index in [1.54, 1.807) is 12.1 Å². The second kappa shape index (κ2) is 11.1. The first-order valence-corrected chi connectivity index (χ1v) is 11.8. The molecule has 0 radical (unpaired) electrons. The zero-order chi connectivity index (χ0) is 24.0. The molecule has 9 heteroatoms. The molecule has 0 saturated carbocycles. The highest BCUT2D eigenvalue weighted by molar-refractivity contribution is 5.55. The van der Waals surface area contributed by atoms with Crippen LogP contribution in [-0.4, -0.2) is 62.3 Å². The number of piperazine rings is 1. The summed E-state index contributed by atoms with van der Waals surface area (Å²) in [6.45, 7) is 7.23. The fourth-order valence-electron chi connectivity index (χ4n) is 4.65. The number of anilines is 1. The molecule has 2 aromatic rings. The lowest BCUT2D eigenvalue weighted by Crippen LogP contribution is -2.43. The molecular weight excluding hydrogens is 443 g/mol. The Morgan fingerprint density at radius 3 is 2.50 bits per heavy atom. The van der Waals surface area contributed by atoms with Crippen LogP contribution in [0.2, 0.25) is 0 Å². The van der Waals surface area contributed by atoms with E-state index in [1.807, 2.05) is 23.2 Å². The molecule has 0 amide bonds. The number of rotatable bonds is 7. The summed E-state index contributed by atoms with van der Waals surface area (Å²) in [5, 5.41) is 12.3. The van der Waals surface area contributed by atoms with Crippen LogP contribution in [0.15, 0.2) is 36.5 Å². The third kappa shape index (κ3) is 6.19. The second-order valence-corrected chi connectivity index (χ2v) is 8.82. The maximum atomic E-state index is 13.3. The van der Waals surface area contributed by atoms with Crippen LogP contribution in [0, 0.1) is 11.3 Å². The van der Waals surface area contributed by atoms with E-state index in [2.05, 4.69) is 15.2 Å². The van der Waals surface area contributed by atoms with Gasteiger partial charge in [0.05, 0.1) is 23.8 Å². The van der Waals surface area contributed by atoms with Crippen molar-refractivity contribution in [2.24, 2.45) is 0 Å². The first-order chi connectivity index (χ1) is 16.4. The standard InChI is InChI=1S/C25H30F3N5O/c26-25(27,28)23-16-22(4-2-20(23)17-29)33-11-6-19(7-12-33)21-3-5-24(31-18-21)34-15-1-10-32-13-8-30-9-14-32/h2-5,16,18-19,30H,1,6-15H2. The summed E-state index contributed by atoms with van der Waals surface area (Å²) in [5.41, 5.74) is 0.418. The van der Waals surface area contributed by atoms with Gasteiger partial charge in [-0.3, -0.25) is 0 Å². The van der Waals surface area contributed by atoms with Gasteiger partial charge in [0.15, 0.2) is 0 Å². The van der Waals surface area contributed by atoms with Gasteiger partial charge in [0.1, 0.15) is 0 Å². The summed E-state index contributed by atoms with van der Waals surface area (Å²) in [4.78, 5) is 8.85. The number of hydrogen-bond acceptors (Lipinski definition) is 6. The van der Waals surface area contributed by atoms with Gasteiger partial charge in [0, 0.05) is 63.8 Å². The van der Waals surface area contributed by atoms with E-state index < -0.39 is 11.7 Å². The van der Waals surface area contributed by atoms with Gasteiger partial charge >= 0.3 is 6.18 Å². The Balaban J connectivity index is 1.26. The molecule has 2 aliphatic heterocycles. The summed E-state index contributed by atoms with van der Waals surface area (Å²) >= 11 is 0. The predicted molar refractivity (Wildman–Crippen MR) is 124 cm³/mol. The van der Waals surface area contributed by atoms with Crippen molar-refractivity contribution in [1.82, 2.24) is 15.2 Å². The molecule has 2 fully saturated rings. The van der Waals surface area contributed by atoms with Crippen molar-refractivity contribution < 1.29 is 17.9 Å². The lowest BCUT2D eigenvalue weighted by Gasteiger charge is -2.34. The minimum atomic E-state index is -4.54. The average Bonchev–Trinajstić information content (AvgIpc) is 2.87. The van der Waals surface area contributed by atoms with Crippen molar-refractivity contribution in [3.63, 3.8) is 0 Å². The Hall–Kier alpha value is -2.83. The second-order valence-electron chi connectivity index (χ2n) is 8.82. The third-order valence-electron chi connectivity index (χ3n) is 6.60. The lowest BCUT2D eigenvalue weighted by molar-refractivity contribution is -0.137. The van der Waals surface area contributed by atoms with E-state index in [1.165, 1.54) is 6.07 Å². The largest absolute Gasteiger partial charge is 0.478 e. The van der Waals surface area contributed by atoms with Crippen molar-refractivity contribution in [3.8, 4) is 11.9 Å². The molecule has 0 unspecified atom stereocenters. The Morgan fingerprint density at radius 1 is 1.09 bits per heavy atom. The summed E-state index contributed by atoms with van der Waals surface area (Å²) < 4.78 is 45.7. The molecule has 182 valence electrons. The zero-order valence-corrected chi connectivity index (χ0v) is 19.2. The number of hydrogen-bond donors (Lipinski definition) is 1. The quantitative estimate of drug-likeness (QED) is 0.613. The van der Waals surface area contributed by atoms with Gasteiger partial charge in [-0.1, -0.05) is 6.07 Å². The Labute approximate surface area is 198 Å². The first kappa shape index (κ1) is 24.3. The van der Waals surface area contributed by atoms with Crippen molar-refractivity contribution in [2.45, 2.75) is 31.4 Å². The Bertz CT molecular complexity index is 976. The number of alkyl halides is 3. The van der Waals surface area contributed by atoms with E-state index in [0.29, 0.717) is 37.2 Å². The van der Waals surface area contributed by atoms with Gasteiger partial charge in [-0.15, -0.1) is 0 Å². The highest BCUT2D eigenvalue weighted by Crippen LogP contribution is 2.36. The van der Waals surface area contributed by atoms with Gasteiger partial charge < -0.3 is 19.9 Å². The number of pyridine rings is 1. The topological polar surface area (TPSA) is 64.4 Å². The molecule has 0 bridgehead atoms. The summed E-state index contributed by atoms with van der Waals surface area (Å²) in [7, 11) is 0. The van der Waals surface area contributed by atoms with Gasteiger partial charge in [-0.2, -0.15) is 18.4 Å². The molecule has 1 aromatic heterocycles.